The number of hydrogen-bond acceptors (Lipinski definition) is 6. The molecule has 1 saturated heterocycles. The molecule has 4 rings (SSSR count). The molecule has 31 heavy (non-hydrogen) atoms. The van der Waals surface area contributed by atoms with Gasteiger partial charge in [-0.05, 0) is 17.7 Å². The second-order valence-electron chi connectivity index (χ2n) is 7.27. The lowest BCUT2D eigenvalue weighted by Gasteiger charge is -2.26. The van der Waals surface area contributed by atoms with E-state index in [1.165, 1.54) is 23.4 Å². The summed E-state index contributed by atoms with van der Waals surface area (Å²) in [6.45, 7) is 2.55. The molecule has 0 radical (unpaired) electrons. The molecule has 3 heterocycles. The average Bonchev–Trinajstić information content (AvgIpc) is 3.15. The van der Waals surface area contributed by atoms with Gasteiger partial charge in [0.15, 0.2) is 16.3 Å². The molecule has 0 unspecified atom stereocenters. The van der Waals surface area contributed by atoms with Crippen LogP contribution in [-0.4, -0.2) is 61.5 Å². The third-order valence-corrected chi connectivity index (χ3v) is 6.47. The molecule has 0 atom stereocenters. The van der Waals surface area contributed by atoms with E-state index in [-0.39, 0.29) is 11.7 Å². The van der Waals surface area contributed by atoms with Crippen LogP contribution in [0.1, 0.15) is 5.56 Å². The summed E-state index contributed by atoms with van der Waals surface area (Å²) in [7, 11) is 3.02. The van der Waals surface area contributed by atoms with Gasteiger partial charge in [-0.3, -0.25) is 18.7 Å². The first-order valence-electron chi connectivity index (χ1n) is 9.76. The number of morpholine rings is 1. The van der Waals surface area contributed by atoms with E-state index in [0.717, 1.165) is 10.1 Å². The molecule has 0 aliphatic carbocycles. The fraction of sp³-hybridized carbons (Fsp3) is 0.400. The Kier molecular flexibility index (Phi) is 6.22. The smallest absolute Gasteiger partial charge is 0.332 e. The fourth-order valence-electron chi connectivity index (χ4n) is 3.49. The Balaban J connectivity index is 1.74. The van der Waals surface area contributed by atoms with Crippen molar-refractivity contribution in [3.05, 3.63) is 55.7 Å². The van der Waals surface area contributed by atoms with E-state index >= 15 is 0 Å². The van der Waals surface area contributed by atoms with Gasteiger partial charge >= 0.3 is 5.69 Å². The highest BCUT2D eigenvalue weighted by atomic mass is 35.5. The average molecular weight is 464 g/mol. The van der Waals surface area contributed by atoms with Crippen molar-refractivity contribution in [2.24, 2.45) is 14.1 Å². The van der Waals surface area contributed by atoms with Crippen LogP contribution in [0, 0.1) is 0 Å². The van der Waals surface area contributed by atoms with Crippen LogP contribution in [0.2, 0.25) is 5.02 Å². The summed E-state index contributed by atoms with van der Waals surface area (Å²) in [6, 6.07) is 7.29. The zero-order chi connectivity index (χ0) is 22.1. The van der Waals surface area contributed by atoms with E-state index in [9.17, 15) is 14.4 Å². The number of imidazole rings is 1. The molecule has 0 bridgehead atoms. The molecule has 1 amide bonds. The molecule has 164 valence electrons. The molecule has 11 heteroatoms. The zero-order valence-corrected chi connectivity index (χ0v) is 18.8. The molecule has 1 fully saturated rings. The zero-order valence-electron chi connectivity index (χ0n) is 17.2. The molecule has 2 aromatic heterocycles. The first-order chi connectivity index (χ1) is 14.9. The summed E-state index contributed by atoms with van der Waals surface area (Å²) in [5.41, 5.74) is 0.658. The largest absolute Gasteiger partial charge is 0.378 e. The number of benzene rings is 1. The minimum Gasteiger partial charge on any atom is -0.378 e. The van der Waals surface area contributed by atoms with Gasteiger partial charge in [-0.25, -0.2) is 9.78 Å². The number of fused-ring (bicyclic) bond motifs is 1. The number of ether oxygens (including phenoxy) is 1. The maximum atomic E-state index is 12.9. The van der Waals surface area contributed by atoms with Crippen LogP contribution in [-0.2, 0) is 30.2 Å². The van der Waals surface area contributed by atoms with Crippen molar-refractivity contribution in [1.29, 1.82) is 0 Å². The van der Waals surface area contributed by atoms with Crippen LogP contribution in [0.3, 0.4) is 0 Å². The Morgan fingerprint density at radius 1 is 1.13 bits per heavy atom. The number of amides is 1. The number of hydrogen-bond donors (Lipinski definition) is 0. The van der Waals surface area contributed by atoms with Gasteiger partial charge in [0.05, 0.1) is 25.5 Å². The quantitative estimate of drug-likeness (QED) is 0.526. The summed E-state index contributed by atoms with van der Waals surface area (Å²) in [4.78, 5) is 44.2. The summed E-state index contributed by atoms with van der Waals surface area (Å²) in [5, 5.41) is 1.12. The van der Waals surface area contributed by atoms with E-state index in [2.05, 4.69) is 4.98 Å². The summed E-state index contributed by atoms with van der Waals surface area (Å²) < 4.78 is 9.48. The number of carbonyl (C=O) groups excluding carboxylic acids is 1. The highest BCUT2D eigenvalue weighted by Gasteiger charge is 2.22. The number of aryl methyl sites for hydroxylation is 1. The minimum atomic E-state index is -0.449. The third kappa shape index (κ3) is 4.28. The maximum absolute atomic E-state index is 12.9. The number of thioether (sulfide) groups is 1. The summed E-state index contributed by atoms with van der Waals surface area (Å²) in [6.07, 6.45) is 0. The van der Waals surface area contributed by atoms with E-state index in [4.69, 9.17) is 16.3 Å². The molecule has 9 nitrogen and oxygen atoms in total. The van der Waals surface area contributed by atoms with Crippen LogP contribution in [0.15, 0.2) is 39.0 Å². The lowest BCUT2D eigenvalue weighted by Crippen LogP contribution is -2.41. The second kappa shape index (κ2) is 8.89. The Hall–Kier alpha value is -2.56. The van der Waals surface area contributed by atoms with Gasteiger partial charge in [0, 0.05) is 32.2 Å². The Labute approximate surface area is 187 Å². The van der Waals surface area contributed by atoms with Crippen molar-refractivity contribution in [2.75, 3.05) is 32.1 Å². The summed E-state index contributed by atoms with van der Waals surface area (Å²) >= 11 is 7.25. The molecule has 1 aromatic carbocycles. The molecule has 0 spiro atoms. The highest BCUT2D eigenvalue weighted by molar-refractivity contribution is 7.99. The van der Waals surface area contributed by atoms with Gasteiger partial charge in [-0.1, -0.05) is 35.5 Å². The normalized spacial score (nSPS) is 14.4. The van der Waals surface area contributed by atoms with Crippen LogP contribution in [0.4, 0.5) is 0 Å². The number of rotatable bonds is 5. The lowest BCUT2D eigenvalue weighted by atomic mass is 10.2. The van der Waals surface area contributed by atoms with Crippen molar-refractivity contribution in [3.63, 3.8) is 0 Å². The Morgan fingerprint density at radius 2 is 1.81 bits per heavy atom. The van der Waals surface area contributed by atoms with Crippen LogP contribution in [0.25, 0.3) is 11.2 Å². The second-order valence-corrected chi connectivity index (χ2v) is 8.65. The van der Waals surface area contributed by atoms with Gasteiger partial charge in [-0.2, -0.15) is 0 Å². The first-order valence-corrected chi connectivity index (χ1v) is 11.1. The molecular formula is C20H22ClN5O4S. The molecule has 1 aliphatic rings. The monoisotopic (exact) mass is 463 g/mol. The highest BCUT2D eigenvalue weighted by Crippen LogP contribution is 2.24. The SMILES string of the molecule is Cn1c(=O)c2c(nc(SCC(=O)N3CCOCC3)n2Cc2ccc(Cl)cc2)n(C)c1=O. The van der Waals surface area contributed by atoms with Gasteiger partial charge in [0.1, 0.15) is 0 Å². The Morgan fingerprint density at radius 3 is 2.48 bits per heavy atom. The van der Waals surface area contributed by atoms with Crippen LogP contribution >= 0.6 is 23.4 Å². The van der Waals surface area contributed by atoms with Gasteiger partial charge < -0.3 is 14.2 Å². The predicted molar refractivity (Wildman–Crippen MR) is 119 cm³/mol. The van der Waals surface area contributed by atoms with E-state index in [1.807, 2.05) is 12.1 Å². The fourth-order valence-corrected chi connectivity index (χ4v) is 4.51. The number of nitrogens with zero attached hydrogens (tertiary/aromatic N) is 5. The standard InChI is InChI=1S/C20H22ClN5O4S/c1-23-17-16(18(28)24(2)20(23)29)26(11-13-3-5-14(21)6-4-13)19(22-17)31-12-15(27)25-7-9-30-10-8-25/h3-6H,7-12H2,1-2H3. The van der Waals surface area contributed by atoms with Gasteiger partial charge in [-0.15, -0.1) is 0 Å². The summed E-state index contributed by atoms with van der Waals surface area (Å²) in [5.74, 6) is 0.165. The molecule has 1 aliphatic heterocycles. The van der Waals surface area contributed by atoms with E-state index in [0.29, 0.717) is 54.2 Å². The van der Waals surface area contributed by atoms with Crippen molar-refractivity contribution in [3.8, 4) is 0 Å². The van der Waals surface area contributed by atoms with Crippen molar-refractivity contribution in [1.82, 2.24) is 23.6 Å². The van der Waals surface area contributed by atoms with Crippen molar-refractivity contribution in [2.45, 2.75) is 11.7 Å². The van der Waals surface area contributed by atoms with Crippen LogP contribution < -0.4 is 11.2 Å². The number of carbonyl (C=O) groups is 1. The molecule has 0 saturated carbocycles. The minimum absolute atomic E-state index is 0.0137. The maximum Gasteiger partial charge on any atom is 0.332 e. The van der Waals surface area contributed by atoms with Crippen molar-refractivity contribution < 1.29 is 9.53 Å². The van der Waals surface area contributed by atoms with Gasteiger partial charge in [0.25, 0.3) is 5.56 Å². The Bertz CT molecular complexity index is 1240. The third-order valence-electron chi connectivity index (χ3n) is 5.26. The molecule has 0 N–H and O–H groups in total. The van der Waals surface area contributed by atoms with Gasteiger partial charge in [0.2, 0.25) is 5.91 Å². The topological polar surface area (TPSA) is 91.4 Å². The van der Waals surface area contributed by atoms with Crippen molar-refractivity contribution >= 4 is 40.4 Å². The van der Waals surface area contributed by atoms with E-state index < -0.39 is 11.2 Å². The number of halogens is 1. The molecular weight excluding hydrogens is 442 g/mol. The first kappa shape index (κ1) is 21.7. The van der Waals surface area contributed by atoms with Crippen LogP contribution in [0.5, 0.6) is 0 Å². The number of aromatic nitrogens is 4. The lowest BCUT2D eigenvalue weighted by molar-refractivity contribution is -0.132. The predicted octanol–water partition coefficient (Wildman–Crippen LogP) is 1.09. The van der Waals surface area contributed by atoms with E-state index in [1.54, 1.807) is 28.6 Å². The molecule has 3 aromatic rings.